The van der Waals surface area contributed by atoms with Crippen LogP contribution in [0.1, 0.15) is 36.8 Å². The molecule has 1 N–H and O–H groups in total. The van der Waals surface area contributed by atoms with Gasteiger partial charge in [0.1, 0.15) is 0 Å². The lowest BCUT2D eigenvalue weighted by Crippen LogP contribution is -2.20. The standard InChI is InChI=1S/C16H19N3OS2/c1-11-6-8-12(9-7-11)10-21-16-19-18-15(22-16)17-14(20)13-4-2-3-5-13/h6-9,13H,2-5,10H2,1H3,(H,17,18,20). The van der Waals surface area contributed by atoms with E-state index in [2.05, 4.69) is 46.7 Å². The summed E-state index contributed by atoms with van der Waals surface area (Å²) < 4.78 is 0.891. The summed E-state index contributed by atoms with van der Waals surface area (Å²) in [6.07, 6.45) is 4.32. The summed E-state index contributed by atoms with van der Waals surface area (Å²) >= 11 is 3.10. The minimum atomic E-state index is 0.101. The second kappa shape index (κ2) is 7.24. The number of hydrogen-bond donors (Lipinski definition) is 1. The number of carbonyl (C=O) groups excluding carboxylic acids is 1. The maximum absolute atomic E-state index is 12.1. The highest BCUT2D eigenvalue weighted by atomic mass is 32.2. The zero-order valence-electron chi connectivity index (χ0n) is 12.5. The average Bonchev–Trinajstić information content (AvgIpc) is 3.18. The largest absolute Gasteiger partial charge is 0.300 e. The first-order chi connectivity index (χ1) is 10.7. The predicted molar refractivity (Wildman–Crippen MR) is 91.2 cm³/mol. The summed E-state index contributed by atoms with van der Waals surface area (Å²) in [5, 5.41) is 11.7. The third-order valence-corrected chi connectivity index (χ3v) is 5.89. The van der Waals surface area contributed by atoms with Crippen molar-refractivity contribution in [2.45, 2.75) is 42.7 Å². The molecule has 1 aromatic carbocycles. The number of anilines is 1. The molecule has 0 aliphatic heterocycles. The topological polar surface area (TPSA) is 54.9 Å². The van der Waals surface area contributed by atoms with Crippen LogP contribution in [-0.4, -0.2) is 16.1 Å². The third-order valence-electron chi connectivity index (χ3n) is 3.85. The molecule has 1 aromatic heterocycles. The monoisotopic (exact) mass is 333 g/mol. The summed E-state index contributed by atoms with van der Waals surface area (Å²) in [6.45, 7) is 2.08. The Morgan fingerprint density at radius 3 is 2.73 bits per heavy atom. The second-order valence-electron chi connectivity index (χ2n) is 5.62. The number of rotatable bonds is 5. The van der Waals surface area contributed by atoms with E-state index in [4.69, 9.17) is 0 Å². The fraction of sp³-hybridized carbons (Fsp3) is 0.438. The molecule has 2 aromatic rings. The van der Waals surface area contributed by atoms with Gasteiger partial charge in [-0.15, -0.1) is 10.2 Å². The average molecular weight is 333 g/mol. The lowest BCUT2D eigenvalue weighted by molar-refractivity contribution is -0.119. The van der Waals surface area contributed by atoms with Crippen molar-refractivity contribution in [3.63, 3.8) is 0 Å². The molecule has 0 radical (unpaired) electrons. The molecule has 1 aliphatic rings. The maximum Gasteiger partial charge on any atom is 0.229 e. The van der Waals surface area contributed by atoms with Gasteiger partial charge < -0.3 is 5.32 Å². The van der Waals surface area contributed by atoms with Crippen LogP contribution in [0.4, 0.5) is 5.13 Å². The fourth-order valence-electron chi connectivity index (χ4n) is 2.54. The summed E-state index contributed by atoms with van der Waals surface area (Å²) in [4.78, 5) is 12.1. The van der Waals surface area contributed by atoms with Gasteiger partial charge in [0.05, 0.1) is 0 Å². The number of aromatic nitrogens is 2. The smallest absolute Gasteiger partial charge is 0.229 e. The van der Waals surface area contributed by atoms with Crippen LogP contribution in [0, 0.1) is 12.8 Å². The molecule has 0 bridgehead atoms. The molecule has 22 heavy (non-hydrogen) atoms. The zero-order chi connectivity index (χ0) is 15.4. The number of nitrogens with one attached hydrogen (secondary N) is 1. The van der Waals surface area contributed by atoms with Gasteiger partial charge in [0.15, 0.2) is 4.34 Å². The summed E-state index contributed by atoms with van der Waals surface area (Å²) in [7, 11) is 0. The van der Waals surface area contributed by atoms with E-state index in [-0.39, 0.29) is 11.8 Å². The zero-order valence-corrected chi connectivity index (χ0v) is 14.2. The van der Waals surface area contributed by atoms with Gasteiger partial charge in [0, 0.05) is 11.7 Å². The van der Waals surface area contributed by atoms with Crippen LogP contribution in [0.5, 0.6) is 0 Å². The van der Waals surface area contributed by atoms with Crippen LogP contribution < -0.4 is 5.32 Å². The van der Waals surface area contributed by atoms with Crippen molar-refractivity contribution in [1.82, 2.24) is 10.2 Å². The minimum Gasteiger partial charge on any atom is -0.300 e. The first-order valence-corrected chi connectivity index (χ1v) is 9.33. The van der Waals surface area contributed by atoms with Crippen LogP contribution >= 0.6 is 23.1 Å². The van der Waals surface area contributed by atoms with Gasteiger partial charge in [-0.25, -0.2) is 0 Å². The van der Waals surface area contributed by atoms with E-state index in [0.29, 0.717) is 5.13 Å². The molecule has 0 spiro atoms. The van der Waals surface area contributed by atoms with Gasteiger partial charge >= 0.3 is 0 Å². The number of amides is 1. The van der Waals surface area contributed by atoms with Crippen molar-refractivity contribution < 1.29 is 4.79 Å². The SMILES string of the molecule is Cc1ccc(CSc2nnc(NC(=O)C3CCCC3)s2)cc1. The number of hydrogen-bond acceptors (Lipinski definition) is 5. The Balaban J connectivity index is 1.52. The summed E-state index contributed by atoms with van der Waals surface area (Å²) in [5.74, 6) is 1.13. The van der Waals surface area contributed by atoms with Crippen molar-refractivity contribution in [3.8, 4) is 0 Å². The molecule has 0 atom stereocenters. The van der Waals surface area contributed by atoms with Crippen LogP contribution in [0.3, 0.4) is 0 Å². The number of thioether (sulfide) groups is 1. The van der Waals surface area contributed by atoms with Gasteiger partial charge in [-0.1, -0.05) is 65.8 Å². The first-order valence-electron chi connectivity index (χ1n) is 7.53. The van der Waals surface area contributed by atoms with E-state index in [0.717, 1.165) is 35.8 Å². The van der Waals surface area contributed by atoms with Crippen LogP contribution in [0.15, 0.2) is 28.6 Å². The lowest BCUT2D eigenvalue weighted by Gasteiger charge is -2.06. The van der Waals surface area contributed by atoms with E-state index in [1.807, 2.05) is 0 Å². The molecule has 0 unspecified atom stereocenters. The molecule has 1 aliphatic carbocycles. The highest BCUT2D eigenvalue weighted by Gasteiger charge is 2.23. The van der Waals surface area contributed by atoms with Crippen LogP contribution in [0.25, 0.3) is 0 Å². The molecule has 1 heterocycles. The van der Waals surface area contributed by atoms with Crippen molar-refractivity contribution in [2.24, 2.45) is 5.92 Å². The third kappa shape index (κ3) is 4.08. The number of nitrogens with zero attached hydrogens (tertiary/aromatic N) is 2. The Morgan fingerprint density at radius 1 is 1.27 bits per heavy atom. The highest BCUT2D eigenvalue weighted by Crippen LogP contribution is 2.30. The summed E-state index contributed by atoms with van der Waals surface area (Å²) in [6, 6.07) is 8.49. The Labute approximate surface area is 138 Å². The van der Waals surface area contributed by atoms with Crippen molar-refractivity contribution in [3.05, 3.63) is 35.4 Å². The molecule has 1 amide bonds. The Bertz CT molecular complexity index is 633. The lowest BCUT2D eigenvalue weighted by atomic mass is 10.1. The molecule has 116 valence electrons. The number of carbonyl (C=O) groups is 1. The Morgan fingerprint density at radius 2 is 2.00 bits per heavy atom. The minimum absolute atomic E-state index is 0.101. The number of benzene rings is 1. The maximum atomic E-state index is 12.1. The first kappa shape index (κ1) is 15.5. The van der Waals surface area contributed by atoms with Gasteiger partial charge in [-0.05, 0) is 25.3 Å². The van der Waals surface area contributed by atoms with E-state index in [9.17, 15) is 4.79 Å². The van der Waals surface area contributed by atoms with Gasteiger partial charge in [-0.2, -0.15) is 0 Å². The van der Waals surface area contributed by atoms with Gasteiger partial charge in [-0.3, -0.25) is 4.79 Å². The molecule has 3 rings (SSSR count). The molecular weight excluding hydrogens is 314 g/mol. The molecule has 0 saturated heterocycles. The molecule has 6 heteroatoms. The van der Waals surface area contributed by atoms with E-state index in [1.54, 1.807) is 11.8 Å². The molecule has 1 saturated carbocycles. The van der Waals surface area contributed by atoms with Crippen LogP contribution in [-0.2, 0) is 10.5 Å². The quantitative estimate of drug-likeness (QED) is 0.656. The highest BCUT2D eigenvalue weighted by molar-refractivity contribution is 8.00. The fourth-order valence-corrected chi connectivity index (χ4v) is 4.25. The molecule has 1 fully saturated rings. The van der Waals surface area contributed by atoms with Crippen molar-refractivity contribution >= 4 is 34.1 Å². The van der Waals surface area contributed by atoms with E-state index >= 15 is 0 Å². The normalized spacial score (nSPS) is 15.1. The van der Waals surface area contributed by atoms with Crippen molar-refractivity contribution in [1.29, 1.82) is 0 Å². The number of aryl methyl sites for hydroxylation is 1. The molecule has 4 nitrogen and oxygen atoms in total. The summed E-state index contributed by atoms with van der Waals surface area (Å²) in [5.41, 5.74) is 2.53. The second-order valence-corrected chi connectivity index (χ2v) is 7.82. The van der Waals surface area contributed by atoms with E-state index in [1.165, 1.54) is 22.5 Å². The predicted octanol–water partition coefficient (Wildman–Crippen LogP) is 4.27. The van der Waals surface area contributed by atoms with Gasteiger partial charge in [0.25, 0.3) is 0 Å². The van der Waals surface area contributed by atoms with Gasteiger partial charge in [0.2, 0.25) is 11.0 Å². The Kier molecular flexibility index (Phi) is 5.10. The van der Waals surface area contributed by atoms with E-state index < -0.39 is 0 Å². The molecular formula is C16H19N3OS2. The van der Waals surface area contributed by atoms with Crippen LogP contribution in [0.2, 0.25) is 0 Å². The van der Waals surface area contributed by atoms with Crippen molar-refractivity contribution in [2.75, 3.05) is 5.32 Å². The Hall–Kier alpha value is -1.40.